The fourth-order valence-corrected chi connectivity index (χ4v) is 3.23. The van der Waals surface area contributed by atoms with Crippen LogP contribution in [0, 0.1) is 37.1 Å². The first-order valence-corrected chi connectivity index (χ1v) is 10.7. The topological polar surface area (TPSA) is 134 Å². The van der Waals surface area contributed by atoms with Gasteiger partial charge in [-0.05, 0) is 67.9 Å². The highest BCUT2D eigenvalue weighted by atomic mass is 16.5. The number of nitriles is 1. The Bertz CT molecular complexity index is 1490. The lowest BCUT2D eigenvalue weighted by atomic mass is 10.1. The zero-order chi connectivity index (χ0) is 24.6. The van der Waals surface area contributed by atoms with Crippen LogP contribution in [0.15, 0.2) is 66.0 Å². The molecular formula is C26H22N8O. The van der Waals surface area contributed by atoms with Gasteiger partial charge in [0.1, 0.15) is 23.6 Å². The van der Waals surface area contributed by atoms with Gasteiger partial charge in [0.15, 0.2) is 0 Å². The maximum absolute atomic E-state index is 8.48. The van der Waals surface area contributed by atoms with Crippen LogP contribution in [0.1, 0.15) is 16.8 Å². The van der Waals surface area contributed by atoms with E-state index in [-0.39, 0.29) is 12.5 Å². The minimum atomic E-state index is 0.0300. The summed E-state index contributed by atoms with van der Waals surface area (Å²) in [7, 11) is 0. The number of nitrogens with two attached hydrogens (primary N) is 1. The standard InChI is InChI=1S/C26H22N8O/c1-17-12-20(7-10-24(17)35-21-8-5-18(2)30-14-21)34-25-22-13-19(6-9-23(22)32-16-33-25)4-3-11-29-26(28)31-15-27/h5-10,12-14,16H,11H2,1-2H3,(H3,28,29,31)(H,32,33,34). The van der Waals surface area contributed by atoms with Crippen molar-refractivity contribution in [2.24, 2.45) is 10.7 Å². The lowest BCUT2D eigenvalue weighted by Gasteiger charge is -2.12. The van der Waals surface area contributed by atoms with E-state index in [1.54, 1.807) is 12.4 Å². The number of fused-ring (bicyclic) bond motifs is 1. The van der Waals surface area contributed by atoms with Crippen molar-refractivity contribution in [1.82, 2.24) is 20.3 Å². The van der Waals surface area contributed by atoms with Crippen LogP contribution in [0.5, 0.6) is 11.5 Å². The Balaban J connectivity index is 1.52. The molecule has 0 aliphatic rings. The molecule has 4 N–H and O–H groups in total. The van der Waals surface area contributed by atoms with E-state index in [0.29, 0.717) is 11.6 Å². The van der Waals surface area contributed by atoms with Crippen LogP contribution in [0.25, 0.3) is 10.9 Å². The van der Waals surface area contributed by atoms with Crippen LogP contribution in [0.4, 0.5) is 11.5 Å². The normalized spacial score (nSPS) is 10.7. The van der Waals surface area contributed by atoms with Crippen molar-refractivity contribution in [2.75, 3.05) is 11.9 Å². The van der Waals surface area contributed by atoms with E-state index in [2.05, 4.69) is 42.4 Å². The van der Waals surface area contributed by atoms with E-state index in [9.17, 15) is 0 Å². The molecule has 0 spiro atoms. The molecule has 0 saturated carbocycles. The SMILES string of the molecule is Cc1ccc(Oc2ccc(Nc3ncnc4ccc(C#CCN/C(N)=N/C#N)cc34)cc2C)cn1. The molecule has 2 aromatic carbocycles. The number of hydrogen-bond donors (Lipinski definition) is 3. The van der Waals surface area contributed by atoms with Crippen LogP contribution in [-0.4, -0.2) is 27.5 Å². The van der Waals surface area contributed by atoms with Crippen LogP contribution in [0.3, 0.4) is 0 Å². The summed E-state index contributed by atoms with van der Waals surface area (Å²) in [5.74, 6) is 8.14. The molecule has 0 aliphatic carbocycles. The minimum Gasteiger partial charge on any atom is -0.455 e. The van der Waals surface area contributed by atoms with E-state index in [4.69, 9.17) is 15.7 Å². The van der Waals surface area contributed by atoms with Crippen LogP contribution < -0.4 is 21.1 Å². The average Bonchev–Trinajstić information content (AvgIpc) is 2.85. The Morgan fingerprint density at radius 3 is 2.74 bits per heavy atom. The Hall–Kier alpha value is -5.15. The van der Waals surface area contributed by atoms with Crippen molar-refractivity contribution in [2.45, 2.75) is 13.8 Å². The number of ether oxygens (including phenoxy) is 1. The molecule has 4 aromatic rings. The molecule has 0 amide bonds. The molecule has 0 fully saturated rings. The molecule has 0 aliphatic heterocycles. The van der Waals surface area contributed by atoms with Gasteiger partial charge in [0.05, 0.1) is 18.3 Å². The molecule has 0 radical (unpaired) electrons. The molecule has 0 saturated heterocycles. The zero-order valence-electron chi connectivity index (χ0n) is 19.2. The summed E-state index contributed by atoms with van der Waals surface area (Å²) in [5.41, 5.74) is 9.86. The average molecular weight is 463 g/mol. The van der Waals surface area contributed by atoms with Crippen LogP contribution >= 0.6 is 0 Å². The second-order valence-corrected chi connectivity index (χ2v) is 7.55. The number of hydrogen-bond acceptors (Lipinski definition) is 7. The predicted molar refractivity (Wildman–Crippen MR) is 135 cm³/mol. The monoisotopic (exact) mass is 462 g/mol. The molecule has 9 heteroatoms. The molecular weight excluding hydrogens is 440 g/mol. The van der Waals surface area contributed by atoms with Gasteiger partial charge in [-0.1, -0.05) is 11.8 Å². The Kier molecular flexibility index (Phi) is 7.00. The number of nitrogens with zero attached hydrogens (tertiary/aromatic N) is 5. The smallest absolute Gasteiger partial charge is 0.209 e. The summed E-state index contributed by atoms with van der Waals surface area (Å²) in [6.45, 7) is 4.18. The number of guanidine groups is 1. The second-order valence-electron chi connectivity index (χ2n) is 7.55. The highest BCUT2D eigenvalue weighted by molar-refractivity contribution is 5.91. The fraction of sp³-hybridized carbons (Fsp3) is 0.115. The van der Waals surface area contributed by atoms with Crippen molar-refractivity contribution in [1.29, 1.82) is 5.26 Å². The van der Waals surface area contributed by atoms with E-state index in [1.807, 2.05) is 62.4 Å². The minimum absolute atomic E-state index is 0.0300. The van der Waals surface area contributed by atoms with Gasteiger partial charge in [-0.3, -0.25) is 4.98 Å². The number of pyridine rings is 1. The first kappa shape index (κ1) is 23.0. The number of aromatic nitrogens is 3. The van der Waals surface area contributed by atoms with Gasteiger partial charge >= 0.3 is 0 Å². The number of rotatable bonds is 5. The predicted octanol–water partition coefficient (Wildman–Crippen LogP) is 3.91. The van der Waals surface area contributed by atoms with Gasteiger partial charge in [-0.15, -0.1) is 4.99 Å². The van der Waals surface area contributed by atoms with Gasteiger partial charge in [-0.2, -0.15) is 5.26 Å². The summed E-state index contributed by atoms with van der Waals surface area (Å²) in [4.78, 5) is 16.4. The molecule has 0 atom stereocenters. The lowest BCUT2D eigenvalue weighted by molar-refractivity contribution is 0.476. The number of nitrogens with one attached hydrogen (secondary N) is 2. The van der Waals surface area contributed by atoms with Gasteiger partial charge in [0.2, 0.25) is 12.2 Å². The highest BCUT2D eigenvalue weighted by Gasteiger charge is 2.08. The van der Waals surface area contributed by atoms with E-state index >= 15 is 0 Å². The highest BCUT2D eigenvalue weighted by Crippen LogP contribution is 2.29. The zero-order valence-corrected chi connectivity index (χ0v) is 19.2. The van der Waals surface area contributed by atoms with Gasteiger partial charge in [0.25, 0.3) is 0 Å². The molecule has 35 heavy (non-hydrogen) atoms. The van der Waals surface area contributed by atoms with E-state index < -0.39 is 0 Å². The van der Waals surface area contributed by atoms with E-state index in [0.717, 1.165) is 39.2 Å². The molecule has 4 rings (SSSR count). The summed E-state index contributed by atoms with van der Waals surface area (Å²) in [5, 5.41) is 15.4. The number of anilines is 2. The van der Waals surface area contributed by atoms with Crippen molar-refractivity contribution in [3.8, 4) is 29.5 Å². The molecule has 0 unspecified atom stereocenters. The lowest BCUT2D eigenvalue weighted by Crippen LogP contribution is -2.31. The van der Waals surface area contributed by atoms with Crippen molar-refractivity contribution in [3.05, 3.63) is 77.9 Å². The summed E-state index contributed by atoms with van der Waals surface area (Å²) >= 11 is 0. The van der Waals surface area contributed by atoms with Gasteiger partial charge in [-0.25, -0.2) is 9.97 Å². The maximum Gasteiger partial charge on any atom is 0.209 e. The largest absolute Gasteiger partial charge is 0.455 e. The van der Waals surface area contributed by atoms with Gasteiger partial charge in [0, 0.05) is 22.3 Å². The molecule has 172 valence electrons. The Morgan fingerprint density at radius 1 is 1.09 bits per heavy atom. The van der Waals surface area contributed by atoms with Crippen molar-refractivity contribution < 1.29 is 4.74 Å². The maximum atomic E-state index is 8.48. The second kappa shape index (κ2) is 10.6. The van der Waals surface area contributed by atoms with E-state index in [1.165, 1.54) is 6.33 Å². The summed E-state index contributed by atoms with van der Waals surface area (Å²) in [6, 6.07) is 15.3. The number of benzene rings is 2. The Labute approximate surface area is 202 Å². The van der Waals surface area contributed by atoms with Crippen molar-refractivity contribution in [3.63, 3.8) is 0 Å². The molecule has 0 bridgehead atoms. The summed E-state index contributed by atoms with van der Waals surface area (Å²) in [6.07, 6.45) is 4.84. The molecule has 9 nitrogen and oxygen atoms in total. The third-order valence-electron chi connectivity index (χ3n) is 4.95. The quantitative estimate of drug-likeness (QED) is 0.176. The first-order chi connectivity index (χ1) is 17.0. The van der Waals surface area contributed by atoms with Crippen LogP contribution in [-0.2, 0) is 0 Å². The molecule has 2 aromatic heterocycles. The third-order valence-corrected chi connectivity index (χ3v) is 4.95. The molecule has 2 heterocycles. The summed E-state index contributed by atoms with van der Waals surface area (Å²) < 4.78 is 5.96. The Morgan fingerprint density at radius 2 is 1.97 bits per heavy atom. The first-order valence-electron chi connectivity index (χ1n) is 10.7. The van der Waals surface area contributed by atoms with Crippen LogP contribution in [0.2, 0.25) is 0 Å². The van der Waals surface area contributed by atoms with Crippen molar-refractivity contribution >= 4 is 28.4 Å². The fourth-order valence-electron chi connectivity index (χ4n) is 3.23. The number of aryl methyl sites for hydroxylation is 2. The third kappa shape index (κ3) is 6.01. The number of aliphatic imine (C=N–C) groups is 1. The van der Waals surface area contributed by atoms with Gasteiger partial charge < -0.3 is 21.1 Å².